The number of carboxylic acid groups (broad SMARTS) is 6. The van der Waals surface area contributed by atoms with Crippen LogP contribution >= 0.6 is 0 Å². The van der Waals surface area contributed by atoms with E-state index in [1.807, 2.05) is 0 Å². The molecule has 0 heterocycles. The number of carbonyl (C=O) groups is 6. The van der Waals surface area contributed by atoms with Crippen molar-refractivity contribution in [2.24, 2.45) is 0 Å². The van der Waals surface area contributed by atoms with Gasteiger partial charge in [0.1, 0.15) is 36.6 Å². The summed E-state index contributed by atoms with van der Waals surface area (Å²) in [6.45, 7) is 27.5. The molecule has 0 saturated carbocycles. The Morgan fingerprint density at radius 3 is 0.327 bits per heavy atom. The summed E-state index contributed by atoms with van der Waals surface area (Å²) in [5.74, 6) is 0. The van der Waals surface area contributed by atoms with Crippen LogP contribution in [0.2, 0.25) is 0 Å². The molecule has 0 fully saturated rings. The molecule has 0 aliphatic rings. The van der Waals surface area contributed by atoms with Crippen LogP contribution in [0.5, 0.6) is 0 Å². The zero-order valence-corrected chi connectivity index (χ0v) is 33.5. The van der Waals surface area contributed by atoms with Gasteiger partial charge in [-0.2, -0.15) is 0 Å². The first-order chi connectivity index (χ1) is 22.3. The summed E-state index contributed by atoms with van der Waals surface area (Å²) in [7, 11) is 0. The molecule has 18 nitrogen and oxygen atoms in total. The minimum absolute atomic E-state index is 0. The molecule has 6 amide bonds. The van der Waals surface area contributed by atoms with Gasteiger partial charge in [-0.25, -0.2) is 0 Å². The van der Waals surface area contributed by atoms with E-state index in [0.29, 0.717) is 78.5 Å². The second kappa shape index (κ2) is 42.3. The van der Waals surface area contributed by atoms with E-state index in [0.717, 1.165) is 0 Å². The average molecular weight is 793 g/mol. The molecule has 0 aromatic carbocycles. The number of carbonyl (C=O) groups excluding carboxylic acids is 6. The van der Waals surface area contributed by atoms with Crippen LogP contribution in [0.3, 0.4) is 0 Å². The molecule has 0 rings (SSSR count). The van der Waals surface area contributed by atoms with Crippen molar-refractivity contribution in [3.8, 4) is 0 Å². The first-order valence-corrected chi connectivity index (χ1v) is 16.1. The van der Waals surface area contributed by atoms with Crippen molar-refractivity contribution >= 4 is 36.6 Å². The van der Waals surface area contributed by atoms with Gasteiger partial charge in [-0.05, 0) is 83.1 Å². The van der Waals surface area contributed by atoms with Crippen molar-refractivity contribution in [1.29, 1.82) is 0 Å². The maximum absolute atomic E-state index is 9.98. The molecule has 0 aromatic rings. The van der Waals surface area contributed by atoms with E-state index in [1.165, 1.54) is 29.4 Å². The third-order valence-electron chi connectivity index (χ3n) is 6.13. The predicted molar refractivity (Wildman–Crippen MR) is 170 cm³/mol. The first kappa shape index (κ1) is 60.6. The van der Waals surface area contributed by atoms with Crippen LogP contribution in [0.15, 0.2) is 0 Å². The Bertz CT molecular complexity index is 649. The molecule has 0 spiro atoms. The van der Waals surface area contributed by atoms with Gasteiger partial charge in [0.15, 0.2) is 0 Å². The SMILES string of the molecule is CCN(CC)C(=O)[O-].CCN(CC)C(=O)[O-].CCN(CC)C(=O)[O-].CCN(CC)C(=O)[O-].CCN(CC)C(=O)[O-].CCN(CC)C(=O)[O-].[Mo+6]. The molecule has 49 heavy (non-hydrogen) atoms. The zero-order chi connectivity index (χ0) is 39.4. The van der Waals surface area contributed by atoms with Gasteiger partial charge in [0.05, 0.1) is 0 Å². The summed E-state index contributed by atoms with van der Waals surface area (Å²) in [6, 6.07) is 0. The first-order valence-electron chi connectivity index (χ1n) is 16.1. The van der Waals surface area contributed by atoms with Gasteiger partial charge in [-0.3, -0.25) is 0 Å². The second-order valence-corrected chi connectivity index (χ2v) is 8.63. The molecule has 288 valence electrons. The van der Waals surface area contributed by atoms with Gasteiger partial charge in [-0.15, -0.1) is 0 Å². The summed E-state index contributed by atoms with van der Waals surface area (Å²) < 4.78 is 0. The van der Waals surface area contributed by atoms with Crippen molar-refractivity contribution < 1.29 is 80.5 Å². The molecule has 0 aromatic heterocycles. The Hall–Kier alpha value is -3.69. The topological polar surface area (TPSA) is 260 Å². The molecule has 0 saturated heterocycles. The molecule has 0 unspecified atom stereocenters. The van der Waals surface area contributed by atoms with E-state index in [-0.39, 0.29) is 21.1 Å². The predicted octanol–water partition coefficient (Wildman–Crippen LogP) is -1.97. The average Bonchev–Trinajstić information content (AvgIpc) is 3.01. The summed E-state index contributed by atoms with van der Waals surface area (Å²) in [6.07, 6.45) is -6.53. The third-order valence-corrected chi connectivity index (χ3v) is 6.13. The molecule has 0 radical (unpaired) electrons. The summed E-state index contributed by atoms with van der Waals surface area (Å²) in [4.78, 5) is 67.2. The zero-order valence-electron chi connectivity index (χ0n) is 31.5. The largest absolute Gasteiger partial charge is 6.00 e. The second-order valence-electron chi connectivity index (χ2n) is 8.63. The van der Waals surface area contributed by atoms with Gasteiger partial charge in [0.25, 0.3) is 0 Å². The minimum atomic E-state index is -1.09. The van der Waals surface area contributed by atoms with Gasteiger partial charge < -0.3 is 88.8 Å². The Kier molecular flexibility index (Phi) is 52.4. The summed E-state index contributed by atoms with van der Waals surface area (Å²) in [5, 5.41) is 59.9. The normalized spacial score (nSPS) is 8.57. The molecule has 0 aliphatic carbocycles. The standard InChI is InChI=1S/6C5H11NO2.Mo/c6*1-3-6(4-2)5(7)8;/h6*3-4H2,1-2H3,(H,7,8);/q;;;;;;+6/p-6. The van der Waals surface area contributed by atoms with E-state index in [4.69, 9.17) is 0 Å². The number of hydrogen-bond acceptors (Lipinski definition) is 12. The monoisotopic (exact) mass is 794 g/mol. The summed E-state index contributed by atoms with van der Waals surface area (Å²) in [5.41, 5.74) is 0. The third kappa shape index (κ3) is 40.4. The van der Waals surface area contributed by atoms with E-state index >= 15 is 0 Å². The fourth-order valence-corrected chi connectivity index (χ4v) is 2.89. The van der Waals surface area contributed by atoms with Crippen molar-refractivity contribution in [3.63, 3.8) is 0 Å². The number of amides is 6. The van der Waals surface area contributed by atoms with Crippen molar-refractivity contribution in [3.05, 3.63) is 0 Å². The Labute approximate surface area is 307 Å². The maximum atomic E-state index is 9.98. The molecular weight excluding hydrogens is 732 g/mol. The van der Waals surface area contributed by atoms with Gasteiger partial charge in [0.2, 0.25) is 0 Å². The Morgan fingerprint density at radius 2 is 0.327 bits per heavy atom. The maximum Gasteiger partial charge on any atom is 6.00 e. The smallest absolute Gasteiger partial charge is 0.530 e. The van der Waals surface area contributed by atoms with E-state index in [1.54, 1.807) is 83.1 Å². The van der Waals surface area contributed by atoms with Gasteiger partial charge >= 0.3 is 21.1 Å². The van der Waals surface area contributed by atoms with Crippen LogP contribution in [0.1, 0.15) is 83.1 Å². The number of hydrogen-bond donors (Lipinski definition) is 0. The molecule has 0 aliphatic heterocycles. The van der Waals surface area contributed by atoms with Crippen molar-refractivity contribution in [2.45, 2.75) is 83.1 Å². The molecule has 19 heteroatoms. The van der Waals surface area contributed by atoms with Crippen molar-refractivity contribution in [1.82, 2.24) is 29.4 Å². The van der Waals surface area contributed by atoms with E-state index in [9.17, 15) is 59.4 Å². The van der Waals surface area contributed by atoms with Crippen LogP contribution in [0, 0.1) is 0 Å². The van der Waals surface area contributed by atoms with Gasteiger partial charge in [-0.1, -0.05) is 0 Å². The van der Waals surface area contributed by atoms with Crippen LogP contribution in [0.4, 0.5) is 28.8 Å². The van der Waals surface area contributed by atoms with E-state index in [2.05, 4.69) is 0 Å². The van der Waals surface area contributed by atoms with Crippen LogP contribution in [-0.2, 0) is 21.1 Å². The Balaban J connectivity index is -0.0000000860. The number of nitrogens with zero attached hydrogens (tertiary/aromatic N) is 6. The van der Waals surface area contributed by atoms with Gasteiger partial charge in [0, 0.05) is 78.5 Å². The molecule has 0 atom stereocenters. The fraction of sp³-hybridized carbons (Fsp3) is 0.800. The van der Waals surface area contributed by atoms with Crippen LogP contribution in [0.25, 0.3) is 0 Å². The Morgan fingerprint density at radius 1 is 0.265 bits per heavy atom. The summed E-state index contributed by atoms with van der Waals surface area (Å²) >= 11 is 0. The molecule has 0 bridgehead atoms. The number of rotatable bonds is 12. The molecular formula is C30H60MoN6O12. The van der Waals surface area contributed by atoms with E-state index < -0.39 is 36.6 Å². The molecule has 0 N–H and O–H groups in total. The van der Waals surface area contributed by atoms with Crippen LogP contribution in [-0.4, -0.2) is 144 Å². The minimum Gasteiger partial charge on any atom is -0.530 e. The quantitative estimate of drug-likeness (QED) is 0.195. The van der Waals surface area contributed by atoms with Crippen molar-refractivity contribution in [2.75, 3.05) is 78.5 Å². The fourth-order valence-electron chi connectivity index (χ4n) is 2.89. The van der Waals surface area contributed by atoms with Crippen LogP contribution < -0.4 is 30.6 Å².